The van der Waals surface area contributed by atoms with Crippen molar-refractivity contribution in [3.05, 3.63) is 84.2 Å². The SMILES string of the molecule is CS(=O)(=O)Cc1cccc(Nc2cc(Oc3ccc4c(C(=O)O)cccc4c3)ncn2)c1. The lowest BCUT2D eigenvalue weighted by Gasteiger charge is -2.10. The lowest BCUT2D eigenvalue weighted by molar-refractivity contribution is 0.0699. The van der Waals surface area contributed by atoms with Crippen molar-refractivity contribution in [1.29, 1.82) is 0 Å². The summed E-state index contributed by atoms with van der Waals surface area (Å²) in [4.78, 5) is 19.7. The molecule has 4 aromatic rings. The third-order valence-electron chi connectivity index (χ3n) is 4.57. The van der Waals surface area contributed by atoms with Crippen molar-refractivity contribution in [1.82, 2.24) is 9.97 Å². The summed E-state index contributed by atoms with van der Waals surface area (Å²) < 4.78 is 28.9. The van der Waals surface area contributed by atoms with Crippen molar-refractivity contribution in [3.8, 4) is 11.6 Å². The summed E-state index contributed by atoms with van der Waals surface area (Å²) in [5.74, 6) is 0.229. The van der Waals surface area contributed by atoms with E-state index in [-0.39, 0.29) is 11.3 Å². The number of hydrogen-bond donors (Lipinski definition) is 2. The van der Waals surface area contributed by atoms with Crippen LogP contribution in [-0.2, 0) is 15.6 Å². The summed E-state index contributed by atoms with van der Waals surface area (Å²) in [6.45, 7) is 0. The van der Waals surface area contributed by atoms with Crippen LogP contribution in [-0.4, -0.2) is 35.7 Å². The maximum absolute atomic E-state index is 11.5. The lowest BCUT2D eigenvalue weighted by Crippen LogP contribution is -2.01. The van der Waals surface area contributed by atoms with E-state index < -0.39 is 15.8 Å². The maximum atomic E-state index is 11.5. The number of nitrogens with one attached hydrogen (secondary N) is 1. The Kier molecular flexibility index (Phi) is 5.74. The fourth-order valence-corrected chi connectivity index (χ4v) is 4.07. The number of carboxylic acids is 1. The van der Waals surface area contributed by atoms with Gasteiger partial charge in [-0.05, 0) is 52.7 Å². The molecule has 2 N–H and O–H groups in total. The zero-order chi connectivity index (χ0) is 22.7. The minimum atomic E-state index is -3.14. The average molecular weight is 449 g/mol. The third kappa shape index (κ3) is 5.19. The van der Waals surface area contributed by atoms with Gasteiger partial charge in [-0.1, -0.05) is 24.3 Å². The van der Waals surface area contributed by atoms with Crippen molar-refractivity contribution in [3.63, 3.8) is 0 Å². The van der Waals surface area contributed by atoms with Gasteiger partial charge in [0.25, 0.3) is 0 Å². The van der Waals surface area contributed by atoms with Crippen LogP contribution in [0.5, 0.6) is 11.6 Å². The molecule has 1 aromatic heterocycles. The van der Waals surface area contributed by atoms with E-state index in [0.717, 1.165) is 5.39 Å². The molecule has 0 saturated heterocycles. The maximum Gasteiger partial charge on any atom is 0.336 e. The van der Waals surface area contributed by atoms with E-state index >= 15 is 0 Å². The molecule has 32 heavy (non-hydrogen) atoms. The van der Waals surface area contributed by atoms with Gasteiger partial charge in [0.2, 0.25) is 5.88 Å². The van der Waals surface area contributed by atoms with Crippen LogP contribution in [0.15, 0.2) is 73.1 Å². The van der Waals surface area contributed by atoms with Gasteiger partial charge in [0.1, 0.15) is 17.9 Å². The number of aromatic nitrogens is 2. The Morgan fingerprint density at radius 3 is 2.62 bits per heavy atom. The van der Waals surface area contributed by atoms with Crippen molar-refractivity contribution in [2.24, 2.45) is 0 Å². The molecule has 0 aliphatic carbocycles. The molecule has 4 rings (SSSR count). The van der Waals surface area contributed by atoms with Crippen LogP contribution in [0.3, 0.4) is 0 Å². The summed E-state index contributed by atoms with van der Waals surface area (Å²) in [5.41, 5.74) is 1.57. The Bertz CT molecular complexity index is 1420. The molecule has 0 aliphatic rings. The van der Waals surface area contributed by atoms with E-state index in [1.807, 2.05) is 6.07 Å². The van der Waals surface area contributed by atoms with E-state index in [1.54, 1.807) is 60.7 Å². The minimum absolute atomic E-state index is 0.0494. The molecule has 0 saturated carbocycles. The van der Waals surface area contributed by atoms with Crippen molar-refractivity contribution in [2.45, 2.75) is 5.75 Å². The average Bonchev–Trinajstić information content (AvgIpc) is 2.72. The van der Waals surface area contributed by atoms with Gasteiger partial charge in [0.15, 0.2) is 9.84 Å². The van der Waals surface area contributed by atoms with Crippen LogP contribution in [0.2, 0.25) is 0 Å². The molecule has 162 valence electrons. The highest BCUT2D eigenvalue weighted by atomic mass is 32.2. The predicted molar refractivity (Wildman–Crippen MR) is 121 cm³/mol. The largest absolute Gasteiger partial charge is 0.478 e. The number of benzene rings is 3. The first kappa shape index (κ1) is 21.3. The molecule has 0 unspecified atom stereocenters. The van der Waals surface area contributed by atoms with Crippen LogP contribution < -0.4 is 10.1 Å². The Balaban J connectivity index is 1.54. The van der Waals surface area contributed by atoms with E-state index in [1.165, 1.54) is 12.6 Å². The molecule has 0 spiro atoms. The Labute approximate surface area is 184 Å². The molecule has 3 aromatic carbocycles. The highest BCUT2D eigenvalue weighted by molar-refractivity contribution is 7.89. The standard InChI is InChI=1S/C23H19N3O5S/c1-32(29,30)13-15-4-2-6-17(10-15)26-21-12-22(25-14-24-21)31-18-8-9-19-16(11-18)5-3-7-20(19)23(27)28/h2-12,14H,13H2,1H3,(H,27,28)(H,24,25,26). The second-order valence-electron chi connectivity index (χ2n) is 7.23. The number of anilines is 2. The van der Waals surface area contributed by atoms with E-state index in [9.17, 15) is 18.3 Å². The molecule has 0 radical (unpaired) electrons. The molecule has 0 bridgehead atoms. The van der Waals surface area contributed by atoms with Crippen LogP contribution in [0.25, 0.3) is 10.8 Å². The smallest absolute Gasteiger partial charge is 0.336 e. The lowest BCUT2D eigenvalue weighted by atomic mass is 10.0. The zero-order valence-electron chi connectivity index (χ0n) is 17.0. The van der Waals surface area contributed by atoms with Crippen molar-refractivity contribution >= 4 is 38.1 Å². The summed E-state index contributed by atoms with van der Waals surface area (Å²) >= 11 is 0. The molecule has 0 aliphatic heterocycles. The van der Waals surface area contributed by atoms with Crippen molar-refractivity contribution < 1.29 is 23.1 Å². The second-order valence-corrected chi connectivity index (χ2v) is 9.37. The monoisotopic (exact) mass is 449 g/mol. The first-order valence-corrected chi connectivity index (χ1v) is 11.6. The Morgan fingerprint density at radius 1 is 1.03 bits per heavy atom. The van der Waals surface area contributed by atoms with Crippen LogP contribution in [0.1, 0.15) is 15.9 Å². The fourth-order valence-electron chi connectivity index (χ4n) is 3.29. The van der Waals surface area contributed by atoms with Crippen LogP contribution in [0, 0.1) is 0 Å². The highest BCUT2D eigenvalue weighted by Crippen LogP contribution is 2.28. The van der Waals surface area contributed by atoms with Gasteiger partial charge in [-0.3, -0.25) is 0 Å². The van der Waals surface area contributed by atoms with Gasteiger partial charge >= 0.3 is 5.97 Å². The van der Waals surface area contributed by atoms with Crippen LogP contribution >= 0.6 is 0 Å². The van der Waals surface area contributed by atoms with Gasteiger partial charge < -0.3 is 15.2 Å². The van der Waals surface area contributed by atoms with Gasteiger partial charge in [-0.25, -0.2) is 23.2 Å². The number of rotatable bonds is 7. The summed E-state index contributed by atoms with van der Waals surface area (Å²) in [6, 6.07) is 18.8. The Morgan fingerprint density at radius 2 is 1.84 bits per heavy atom. The predicted octanol–water partition coefficient (Wildman–Crippen LogP) is 4.41. The van der Waals surface area contributed by atoms with Gasteiger partial charge in [0, 0.05) is 18.0 Å². The van der Waals surface area contributed by atoms with Crippen LogP contribution in [0.4, 0.5) is 11.5 Å². The molecule has 1 heterocycles. The fraction of sp³-hybridized carbons (Fsp3) is 0.0870. The van der Waals surface area contributed by atoms with E-state index in [2.05, 4.69) is 15.3 Å². The molecule has 0 amide bonds. The molecule has 0 atom stereocenters. The number of hydrogen-bond acceptors (Lipinski definition) is 7. The molecular formula is C23H19N3O5S. The number of ether oxygens (including phenoxy) is 1. The first-order valence-electron chi connectivity index (χ1n) is 9.56. The second kappa shape index (κ2) is 8.64. The van der Waals surface area contributed by atoms with Gasteiger partial charge in [-0.2, -0.15) is 0 Å². The van der Waals surface area contributed by atoms with Gasteiger partial charge in [0.05, 0.1) is 11.3 Å². The van der Waals surface area contributed by atoms with Crippen molar-refractivity contribution in [2.75, 3.05) is 11.6 Å². The number of sulfone groups is 1. The number of carboxylic acid groups (broad SMARTS) is 1. The first-order chi connectivity index (χ1) is 15.3. The normalized spacial score (nSPS) is 11.3. The minimum Gasteiger partial charge on any atom is -0.478 e. The number of aromatic carboxylic acids is 1. The summed E-state index contributed by atoms with van der Waals surface area (Å²) in [5, 5.41) is 13.8. The molecule has 9 heteroatoms. The third-order valence-corrected chi connectivity index (χ3v) is 5.43. The molecular weight excluding hydrogens is 430 g/mol. The highest BCUT2D eigenvalue weighted by Gasteiger charge is 2.10. The van der Waals surface area contributed by atoms with Gasteiger partial charge in [-0.15, -0.1) is 0 Å². The molecule has 0 fully saturated rings. The molecule has 8 nitrogen and oxygen atoms in total. The number of nitrogens with zero attached hydrogens (tertiary/aromatic N) is 2. The van der Waals surface area contributed by atoms with E-state index in [4.69, 9.17) is 4.74 Å². The number of carbonyl (C=O) groups is 1. The quantitative estimate of drug-likeness (QED) is 0.426. The number of fused-ring (bicyclic) bond motifs is 1. The summed E-state index contributed by atoms with van der Waals surface area (Å²) in [7, 11) is -3.14. The topological polar surface area (TPSA) is 118 Å². The zero-order valence-corrected chi connectivity index (χ0v) is 17.8. The van der Waals surface area contributed by atoms with E-state index in [0.29, 0.717) is 34.1 Å². The summed E-state index contributed by atoms with van der Waals surface area (Å²) in [6.07, 6.45) is 2.54. The Hall–Kier alpha value is -3.98.